The summed E-state index contributed by atoms with van der Waals surface area (Å²) < 4.78 is 6.46. The molecule has 33 heavy (non-hydrogen) atoms. The maximum absolute atomic E-state index is 9.48. The van der Waals surface area contributed by atoms with Crippen molar-refractivity contribution in [3.63, 3.8) is 0 Å². The molecule has 4 rings (SSSR count). The number of hydrogen-bond acceptors (Lipinski definition) is 5. The Labute approximate surface area is 199 Å². The average Bonchev–Trinajstić information content (AvgIpc) is 3.36. The van der Waals surface area contributed by atoms with E-state index in [1.807, 2.05) is 18.2 Å². The van der Waals surface area contributed by atoms with Gasteiger partial charge in [-0.3, -0.25) is 4.99 Å². The number of benzene rings is 2. The summed E-state index contributed by atoms with van der Waals surface area (Å²) in [5.74, 6) is 1.70. The van der Waals surface area contributed by atoms with Gasteiger partial charge in [-0.15, -0.1) is 0 Å². The fourth-order valence-corrected chi connectivity index (χ4v) is 4.33. The SMILES string of the molecule is C/C1=N/C(c2ccsc2)=C\C(Oc2cc(C#N)ccc2-c2ccc(CCN)cc2)=C\CC1C. The molecule has 1 aromatic heterocycles. The van der Waals surface area contributed by atoms with Gasteiger partial charge >= 0.3 is 0 Å². The van der Waals surface area contributed by atoms with Crippen LogP contribution in [0.2, 0.25) is 0 Å². The molecule has 0 amide bonds. The fraction of sp³-hybridized carbons (Fsp3) is 0.214. The highest BCUT2D eigenvalue weighted by atomic mass is 32.1. The molecule has 0 aliphatic carbocycles. The number of nitrogens with two attached hydrogens (primary N) is 1. The molecule has 0 saturated heterocycles. The Hall–Kier alpha value is -3.46. The summed E-state index contributed by atoms with van der Waals surface area (Å²) in [5, 5.41) is 13.6. The van der Waals surface area contributed by atoms with Crippen LogP contribution in [-0.4, -0.2) is 12.3 Å². The predicted molar refractivity (Wildman–Crippen MR) is 137 cm³/mol. The van der Waals surface area contributed by atoms with Gasteiger partial charge in [0, 0.05) is 28.3 Å². The van der Waals surface area contributed by atoms with Gasteiger partial charge in [0.05, 0.1) is 17.3 Å². The van der Waals surface area contributed by atoms with Crippen molar-refractivity contribution in [1.29, 1.82) is 5.26 Å². The molecule has 0 radical (unpaired) electrons. The minimum absolute atomic E-state index is 0.311. The fourth-order valence-electron chi connectivity index (χ4n) is 3.68. The van der Waals surface area contributed by atoms with Gasteiger partial charge in [-0.25, -0.2) is 0 Å². The largest absolute Gasteiger partial charge is 0.457 e. The van der Waals surface area contributed by atoms with Gasteiger partial charge in [0.15, 0.2) is 0 Å². The van der Waals surface area contributed by atoms with Gasteiger partial charge in [-0.2, -0.15) is 16.6 Å². The predicted octanol–water partition coefficient (Wildman–Crippen LogP) is 6.59. The van der Waals surface area contributed by atoms with Crippen molar-refractivity contribution in [3.8, 4) is 22.9 Å². The van der Waals surface area contributed by atoms with E-state index >= 15 is 0 Å². The first-order valence-corrected chi connectivity index (χ1v) is 12.0. The monoisotopic (exact) mass is 453 g/mol. The van der Waals surface area contributed by atoms with Crippen LogP contribution in [0.4, 0.5) is 0 Å². The van der Waals surface area contributed by atoms with Crippen LogP contribution in [0.5, 0.6) is 5.75 Å². The van der Waals surface area contributed by atoms with Crippen LogP contribution in [0.3, 0.4) is 0 Å². The van der Waals surface area contributed by atoms with E-state index in [0.717, 1.165) is 46.7 Å². The maximum Gasteiger partial charge on any atom is 0.136 e. The van der Waals surface area contributed by atoms with Crippen LogP contribution < -0.4 is 10.5 Å². The van der Waals surface area contributed by atoms with E-state index in [1.165, 1.54) is 5.56 Å². The number of nitrogens with zero attached hydrogens (tertiary/aromatic N) is 2. The van der Waals surface area contributed by atoms with Crippen LogP contribution in [0.1, 0.15) is 37.0 Å². The van der Waals surface area contributed by atoms with Crippen LogP contribution in [0.15, 0.2) is 82.2 Å². The van der Waals surface area contributed by atoms with Gasteiger partial charge in [0.2, 0.25) is 0 Å². The quantitative estimate of drug-likeness (QED) is 0.457. The number of ether oxygens (including phenoxy) is 1. The van der Waals surface area contributed by atoms with Crippen molar-refractivity contribution in [1.82, 2.24) is 0 Å². The molecule has 4 nitrogen and oxygen atoms in total. The Bertz CT molecular complexity index is 1250. The molecular weight excluding hydrogens is 426 g/mol. The summed E-state index contributed by atoms with van der Waals surface area (Å²) in [6, 6.07) is 18.2. The van der Waals surface area contributed by atoms with Crippen molar-refractivity contribution in [3.05, 3.63) is 93.9 Å². The molecule has 1 aliphatic rings. The van der Waals surface area contributed by atoms with Crippen molar-refractivity contribution < 1.29 is 4.74 Å². The lowest BCUT2D eigenvalue weighted by atomic mass is 9.99. The molecular formula is C28H27N3OS. The summed E-state index contributed by atoms with van der Waals surface area (Å²) in [7, 11) is 0. The average molecular weight is 454 g/mol. The second kappa shape index (κ2) is 10.4. The lowest BCUT2D eigenvalue weighted by molar-refractivity contribution is 0.441. The van der Waals surface area contributed by atoms with E-state index in [4.69, 9.17) is 15.5 Å². The topological polar surface area (TPSA) is 71.4 Å². The van der Waals surface area contributed by atoms with Gasteiger partial charge in [-0.1, -0.05) is 31.2 Å². The number of thiophene rings is 1. The number of aliphatic imine (C=N–C) groups is 1. The van der Waals surface area contributed by atoms with Gasteiger partial charge in [0.1, 0.15) is 11.5 Å². The van der Waals surface area contributed by atoms with Crippen LogP contribution in [0, 0.1) is 17.2 Å². The van der Waals surface area contributed by atoms with Crippen molar-refractivity contribution >= 4 is 22.7 Å². The molecule has 2 heterocycles. The molecule has 0 bridgehead atoms. The lowest BCUT2D eigenvalue weighted by Gasteiger charge is -2.17. The Balaban J connectivity index is 1.74. The minimum Gasteiger partial charge on any atom is -0.457 e. The smallest absolute Gasteiger partial charge is 0.136 e. The van der Waals surface area contributed by atoms with E-state index in [-0.39, 0.29) is 0 Å². The Morgan fingerprint density at radius 3 is 2.67 bits per heavy atom. The molecule has 166 valence electrons. The zero-order valence-corrected chi connectivity index (χ0v) is 19.7. The zero-order valence-electron chi connectivity index (χ0n) is 18.9. The Kier molecular flexibility index (Phi) is 7.19. The Morgan fingerprint density at radius 1 is 1.15 bits per heavy atom. The molecule has 0 fully saturated rings. The molecule has 2 N–H and O–H groups in total. The summed E-state index contributed by atoms with van der Waals surface area (Å²) in [4.78, 5) is 4.89. The van der Waals surface area contributed by atoms with Crippen LogP contribution in [-0.2, 0) is 6.42 Å². The number of rotatable bonds is 6. The highest BCUT2D eigenvalue weighted by Gasteiger charge is 2.15. The first kappa shape index (κ1) is 22.7. The van der Waals surface area contributed by atoms with Gasteiger partial charge < -0.3 is 10.5 Å². The van der Waals surface area contributed by atoms with Crippen molar-refractivity contribution in [2.75, 3.05) is 6.54 Å². The van der Waals surface area contributed by atoms with Crippen LogP contribution >= 0.6 is 11.3 Å². The van der Waals surface area contributed by atoms with E-state index in [0.29, 0.717) is 23.8 Å². The zero-order chi connectivity index (χ0) is 23.2. The molecule has 1 aliphatic heterocycles. The van der Waals surface area contributed by atoms with E-state index in [9.17, 15) is 5.26 Å². The molecule has 0 spiro atoms. The second-order valence-electron chi connectivity index (χ2n) is 8.20. The molecule has 1 unspecified atom stereocenters. The molecule has 1 atom stereocenters. The first-order valence-electron chi connectivity index (χ1n) is 11.1. The normalized spacial score (nSPS) is 20.8. The van der Waals surface area contributed by atoms with E-state index in [1.54, 1.807) is 17.4 Å². The molecule has 0 saturated carbocycles. The first-order chi connectivity index (χ1) is 16.1. The third kappa shape index (κ3) is 5.48. The summed E-state index contributed by atoms with van der Waals surface area (Å²) >= 11 is 1.65. The number of hydrogen-bond donors (Lipinski definition) is 1. The van der Waals surface area contributed by atoms with Gasteiger partial charge in [-0.05, 0) is 79.1 Å². The third-order valence-corrected chi connectivity index (χ3v) is 6.50. The molecule has 2 aromatic carbocycles. The highest BCUT2D eigenvalue weighted by Crippen LogP contribution is 2.34. The lowest BCUT2D eigenvalue weighted by Crippen LogP contribution is -2.09. The summed E-state index contributed by atoms with van der Waals surface area (Å²) in [5.41, 5.74) is 12.5. The minimum atomic E-state index is 0.311. The standard InChI is InChI=1S/C28H27N3OS/c1-19-3-9-25(16-27(31-20(19)2)24-12-14-33-18-24)32-28-15-22(17-30)6-10-26(28)23-7-4-21(5-8-23)11-13-29/h4-10,12,14-16,18-19H,3,11,13,29H2,1-2H3/b25-9-,27-16-,31-20-. The van der Waals surface area contributed by atoms with Gasteiger partial charge in [0.25, 0.3) is 0 Å². The van der Waals surface area contributed by atoms with Crippen molar-refractivity contribution in [2.24, 2.45) is 16.6 Å². The van der Waals surface area contributed by atoms with Crippen LogP contribution in [0.25, 0.3) is 16.8 Å². The number of nitriles is 1. The molecule has 3 aromatic rings. The summed E-state index contributed by atoms with van der Waals surface area (Å²) in [6.45, 7) is 4.87. The van der Waals surface area contributed by atoms with Crippen molar-refractivity contribution in [2.45, 2.75) is 26.7 Å². The third-order valence-electron chi connectivity index (χ3n) is 5.81. The molecule has 5 heteroatoms. The maximum atomic E-state index is 9.48. The Morgan fingerprint density at radius 2 is 1.97 bits per heavy atom. The summed E-state index contributed by atoms with van der Waals surface area (Å²) in [6.07, 6.45) is 5.78. The number of allylic oxidation sites excluding steroid dienone is 2. The highest BCUT2D eigenvalue weighted by molar-refractivity contribution is 7.08. The second-order valence-corrected chi connectivity index (χ2v) is 8.98. The van der Waals surface area contributed by atoms with E-state index < -0.39 is 0 Å². The van der Waals surface area contributed by atoms with E-state index in [2.05, 4.69) is 67.1 Å².